The summed E-state index contributed by atoms with van der Waals surface area (Å²) >= 11 is 0. The predicted molar refractivity (Wildman–Crippen MR) is 286 cm³/mol. The number of hydrogen-bond donors (Lipinski definition) is 1. The van der Waals surface area contributed by atoms with Crippen molar-refractivity contribution >= 4 is 11.0 Å². The van der Waals surface area contributed by atoms with Crippen LogP contribution in [0, 0.1) is 5.41 Å². The van der Waals surface area contributed by atoms with Crippen LogP contribution in [0.15, 0.2) is 140 Å². The number of hydrogen-bond acceptors (Lipinski definition) is 3. The minimum Gasteiger partial charge on any atom is -0.507 e. The van der Waals surface area contributed by atoms with Crippen molar-refractivity contribution in [1.82, 2.24) is 14.5 Å². The number of nitrogens with zero attached hydrogens (tertiary/aromatic N) is 3. The molecule has 0 radical (unpaired) electrons. The van der Waals surface area contributed by atoms with E-state index in [-0.39, 0.29) is 11.0 Å². The van der Waals surface area contributed by atoms with Gasteiger partial charge in [-0.05, 0) is 126 Å². The van der Waals surface area contributed by atoms with Crippen molar-refractivity contribution in [1.29, 1.82) is 0 Å². The fourth-order valence-electron chi connectivity index (χ4n) is 8.42. The molecule has 4 nitrogen and oxygen atoms in total. The van der Waals surface area contributed by atoms with Crippen LogP contribution in [0.5, 0.6) is 5.75 Å². The van der Waals surface area contributed by atoms with E-state index >= 15 is 0 Å². The van der Waals surface area contributed by atoms with Crippen LogP contribution in [0.3, 0.4) is 0 Å². The van der Waals surface area contributed by atoms with E-state index in [1.54, 1.807) is 54.7 Å². The van der Waals surface area contributed by atoms with Gasteiger partial charge in [0.25, 0.3) is 0 Å². The first-order valence-electron chi connectivity index (χ1n) is 32.4. The molecule has 0 aliphatic rings. The van der Waals surface area contributed by atoms with Gasteiger partial charge in [-0.3, -0.25) is 9.55 Å². The highest BCUT2D eigenvalue weighted by atomic mass is 16.3. The van der Waals surface area contributed by atoms with Gasteiger partial charge in [-0.1, -0.05) is 188 Å². The van der Waals surface area contributed by atoms with E-state index in [1.807, 2.05) is 135 Å². The highest BCUT2D eigenvalue weighted by Gasteiger charge is 2.30. The Kier molecular flexibility index (Phi) is 7.19. The standard InChI is InChI=1S/C63H71N3O/c1-59(2,3)39-40-24-26-41(27-25-40)43-30-31-64-53(35-43)45-32-44(33-47(34-45)61(7,8)9)49-22-19-23-55-56(49)65-58(51-37-48(62(10,11)12)38-52(57(51)67)63(13,14)15)66(55)54-29-28-46(60(4,5)6)36-50(54)42-20-17-16-18-21-42/h16-38,67H,39H2,1-15H3/i10D3,11D3,12D3,13D3,14D3,15D3,39D2. The lowest BCUT2D eigenvalue weighted by Gasteiger charge is -2.28. The summed E-state index contributed by atoms with van der Waals surface area (Å²) in [6.45, 7) is -6.99. The highest BCUT2D eigenvalue weighted by molar-refractivity contribution is 5.98. The van der Waals surface area contributed by atoms with Gasteiger partial charge in [0.1, 0.15) is 11.6 Å². The lowest BCUT2D eigenvalue weighted by atomic mass is 9.79. The number of phenolic OH excluding ortho intramolecular Hbond substituents is 1. The second-order valence-corrected chi connectivity index (χ2v) is 20.6. The number of rotatable bonds is 7. The SMILES string of the molecule is [2H]C([2H])([2H])C(c1cc(-c2nc3c(-c4cc(-c5cc(-c6ccc(C([2H])([2H])C(C)(C)C)cc6)ccn5)cc(C(C)(C)C)c4)cccc3n2-c2ccc(C(C)(C)C)cc2-c2ccccc2)c(O)c(C(C([2H])([2H])[2H])(C([2H])([2H])[2H])C([2H])([2H])[2H])c1)(C([2H])([2H])[2H])C([2H])([2H])[2H]. The zero-order chi connectivity index (χ0) is 65.2. The van der Waals surface area contributed by atoms with E-state index in [9.17, 15) is 5.11 Å². The Hall–Kier alpha value is -6.26. The van der Waals surface area contributed by atoms with Crippen molar-refractivity contribution in [3.63, 3.8) is 0 Å². The van der Waals surface area contributed by atoms with E-state index in [1.165, 1.54) is 4.57 Å². The van der Waals surface area contributed by atoms with Crippen molar-refractivity contribution in [3.05, 3.63) is 167 Å². The van der Waals surface area contributed by atoms with Crippen LogP contribution in [0.4, 0.5) is 0 Å². The summed E-state index contributed by atoms with van der Waals surface area (Å²) in [6, 6.07) is 37.7. The molecule has 1 N–H and O–H groups in total. The summed E-state index contributed by atoms with van der Waals surface area (Å²) in [5.41, 5.74) is -5.32. The molecule has 0 spiro atoms. The minimum atomic E-state index is -4.15. The van der Waals surface area contributed by atoms with E-state index in [0.717, 1.165) is 28.3 Å². The van der Waals surface area contributed by atoms with E-state index in [4.69, 9.17) is 37.4 Å². The number of aromatic nitrogens is 3. The molecule has 0 atom stereocenters. The van der Waals surface area contributed by atoms with Gasteiger partial charge in [0.15, 0.2) is 0 Å². The molecule has 0 aliphatic heterocycles. The second-order valence-electron chi connectivity index (χ2n) is 20.6. The Morgan fingerprint density at radius 3 is 1.84 bits per heavy atom. The second kappa shape index (κ2) is 17.1. The first-order valence-corrected chi connectivity index (χ1v) is 22.4. The molecule has 0 bridgehead atoms. The summed E-state index contributed by atoms with van der Waals surface area (Å²) in [5, 5.41) is 13.1. The third-order valence-electron chi connectivity index (χ3n) is 12.0. The molecule has 8 rings (SSSR count). The first-order chi connectivity index (χ1) is 39.5. The molecular weight excluding hydrogens is 815 g/mol. The molecule has 0 amide bonds. The van der Waals surface area contributed by atoms with Crippen LogP contribution >= 0.6 is 0 Å². The van der Waals surface area contributed by atoms with Gasteiger partial charge in [-0.2, -0.15) is 0 Å². The number of para-hydroxylation sites is 1. The molecule has 0 unspecified atom stereocenters. The van der Waals surface area contributed by atoms with Crippen molar-refractivity contribution < 1.29 is 32.5 Å². The third-order valence-corrected chi connectivity index (χ3v) is 12.0. The van der Waals surface area contributed by atoms with Gasteiger partial charge < -0.3 is 5.11 Å². The van der Waals surface area contributed by atoms with Gasteiger partial charge in [0.2, 0.25) is 0 Å². The van der Waals surface area contributed by atoms with Crippen LogP contribution in [0.1, 0.15) is 159 Å². The number of fused-ring (bicyclic) bond motifs is 1. The van der Waals surface area contributed by atoms with Crippen LogP contribution < -0.4 is 0 Å². The zero-order valence-corrected chi connectivity index (χ0v) is 39.6. The van der Waals surface area contributed by atoms with Crippen LogP contribution in [-0.4, -0.2) is 19.6 Å². The van der Waals surface area contributed by atoms with Gasteiger partial charge in [0.05, 0.1) is 28.0 Å². The average molecular weight is 906 g/mol. The zero-order valence-electron chi connectivity index (χ0n) is 59.6. The lowest BCUT2D eigenvalue weighted by molar-refractivity contribution is 0.411. The lowest BCUT2D eigenvalue weighted by Crippen LogP contribution is -2.17. The Labute approximate surface area is 429 Å². The Bertz CT molecular complexity index is 3810. The summed E-state index contributed by atoms with van der Waals surface area (Å²) in [4.78, 5) is 10.1. The Morgan fingerprint density at radius 1 is 0.522 bits per heavy atom. The molecule has 6 aromatic carbocycles. The molecule has 344 valence electrons. The number of phenols is 1. The molecule has 4 heteroatoms. The van der Waals surface area contributed by atoms with Gasteiger partial charge >= 0.3 is 0 Å². The smallest absolute Gasteiger partial charge is 0.149 e. The van der Waals surface area contributed by atoms with Crippen LogP contribution in [0.25, 0.3) is 72.7 Å². The maximum Gasteiger partial charge on any atom is 0.149 e. The first kappa shape index (κ1) is 28.2. The van der Waals surface area contributed by atoms with E-state index in [0.29, 0.717) is 50.8 Å². The summed E-state index contributed by atoms with van der Waals surface area (Å²) in [7, 11) is 0. The molecule has 67 heavy (non-hydrogen) atoms. The Balaban J connectivity index is 1.57. The molecule has 0 saturated heterocycles. The molecule has 2 heterocycles. The number of pyridine rings is 1. The maximum atomic E-state index is 13.1. The molecule has 0 saturated carbocycles. The maximum absolute atomic E-state index is 13.1. The average Bonchev–Trinajstić information content (AvgIpc) is 1.16. The van der Waals surface area contributed by atoms with E-state index < -0.39 is 103 Å². The van der Waals surface area contributed by atoms with Crippen LogP contribution in [-0.2, 0) is 28.0 Å². The van der Waals surface area contributed by atoms with Crippen molar-refractivity contribution in [2.24, 2.45) is 5.41 Å². The van der Waals surface area contributed by atoms with E-state index in [2.05, 4.69) is 0 Å². The van der Waals surface area contributed by atoms with Gasteiger partial charge in [-0.15, -0.1) is 0 Å². The van der Waals surface area contributed by atoms with Crippen LogP contribution in [0.2, 0.25) is 0 Å². The fraction of sp³-hybridized carbons (Fsp3) is 0.333. The molecule has 0 aliphatic carbocycles. The fourth-order valence-corrected chi connectivity index (χ4v) is 8.42. The molecular formula is C63H71N3O. The normalized spacial score (nSPS) is 18.6. The number of benzene rings is 6. The van der Waals surface area contributed by atoms with Gasteiger partial charge in [0, 0.05) is 55.9 Å². The van der Waals surface area contributed by atoms with Gasteiger partial charge in [-0.25, -0.2) is 4.98 Å². The highest BCUT2D eigenvalue weighted by Crippen LogP contribution is 2.46. The molecule has 2 aromatic heterocycles. The number of aromatic hydroxyl groups is 1. The quantitative estimate of drug-likeness (QED) is 0.173. The summed E-state index contributed by atoms with van der Waals surface area (Å²) < 4.78 is 178. The Morgan fingerprint density at radius 2 is 1.18 bits per heavy atom. The minimum absolute atomic E-state index is 0.161. The monoisotopic (exact) mass is 906 g/mol. The summed E-state index contributed by atoms with van der Waals surface area (Å²) in [6.07, 6.45) is 0.0520. The summed E-state index contributed by atoms with van der Waals surface area (Å²) in [5.74, 6) is -1.79. The third kappa shape index (κ3) is 9.91. The van der Waals surface area contributed by atoms with Crippen molar-refractivity contribution in [3.8, 4) is 67.5 Å². The largest absolute Gasteiger partial charge is 0.507 e. The van der Waals surface area contributed by atoms with Crippen molar-refractivity contribution in [2.45, 2.75) is 131 Å². The molecule has 8 aromatic rings. The number of imidazole rings is 1. The van der Waals surface area contributed by atoms with Crippen molar-refractivity contribution in [2.75, 3.05) is 0 Å². The molecule has 0 fully saturated rings. The predicted octanol–water partition coefficient (Wildman–Crippen LogP) is 17.2. The topological polar surface area (TPSA) is 50.9 Å².